The number of hydrogen-bond donors (Lipinski definition) is 22. The molecule has 3 aromatic carbocycles. The van der Waals surface area contributed by atoms with Crippen molar-refractivity contribution in [3.05, 3.63) is 120 Å². The number of carbonyl (C=O) groups is 17. The highest BCUT2D eigenvalue weighted by Gasteiger charge is 2.47. The number of amides is 16. The van der Waals surface area contributed by atoms with Crippen LogP contribution in [0, 0.1) is 11.3 Å². The third-order valence-electron chi connectivity index (χ3n) is 25.0. The maximum absolute atomic E-state index is 15.8. The van der Waals surface area contributed by atoms with Crippen molar-refractivity contribution in [2.24, 2.45) is 39.6 Å². The monoisotopic (exact) mass is 1960 g/mol. The highest BCUT2D eigenvalue weighted by Crippen LogP contribution is 2.29. The van der Waals surface area contributed by atoms with Crippen LogP contribution in [-0.2, 0) is 107 Å². The molecular formula is C93H133N27O19S. The van der Waals surface area contributed by atoms with E-state index in [2.05, 4.69) is 83.4 Å². The van der Waals surface area contributed by atoms with Gasteiger partial charge < -0.3 is 142 Å². The third kappa shape index (κ3) is 30.5. The molecule has 3 fully saturated rings. The van der Waals surface area contributed by atoms with Gasteiger partial charge in [-0.05, 0) is 98.7 Å². The number of guanidine groups is 2. The van der Waals surface area contributed by atoms with E-state index in [1.807, 2.05) is 13.8 Å². The molecular weight excluding hydrogens is 1830 g/mol. The second-order valence-corrected chi connectivity index (χ2v) is 37.2. The van der Waals surface area contributed by atoms with Crippen LogP contribution in [0.15, 0.2) is 103 Å². The number of H-pyrrole nitrogens is 3. The number of benzene rings is 3. The van der Waals surface area contributed by atoms with E-state index in [0.29, 0.717) is 81.8 Å². The predicted molar refractivity (Wildman–Crippen MR) is 518 cm³/mol. The summed E-state index contributed by atoms with van der Waals surface area (Å²) in [7, 11) is 3.93. The van der Waals surface area contributed by atoms with Crippen molar-refractivity contribution < 1.29 is 91.7 Å². The first-order valence-electron chi connectivity index (χ1n) is 46.7. The highest BCUT2D eigenvalue weighted by atomic mass is 32.2. The quantitative estimate of drug-likeness (QED) is 0.00973. The number of rotatable bonds is 28. The number of aromatic amines is 3. The summed E-state index contributed by atoms with van der Waals surface area (Å²) in [4.78, 5) is 274. The Balaban J connectivity index is 1.12. The minimum atomic E-state index is -1.96. The Labute approximate surface area is 813 Å². The van der Waals surface area contributed by atoms with Gasteiger partial charge in [0.2, 0.25) is 94.5 Å². The van der Waals surface area contributed by atoms with Crippen LogP contribution >= 0.6 is 11.8 Å². The summed E-state index contributed by atoms with van der Waals surface area (Å²) in [6.45, 7) is 5.49. The lowest BCUT2D eigenvalue weighted by atomic mass is 9.98. The number of likely N-dealkylation sites (N-methyl/N-ethyl adjacent to an activating group) is 3. The Bertz CT molecular complexity index is 5420. The Morgan fingerprint density at radius 2 is 1.16 bits per heavy atom. The molecule has 0 aliphatic carbocycles. The zero-order valence-corrected chi connectivity index (χ0v) is 80.7. The van der Waals surface area contributed by atoms with Crippen LogP contribution in [0.4, 0.5) is 5.69 Å². The molecule has 47 heteroatoms. The van der Waals surface area contributed by atoms with Crippen LogP contribution in [-0.4, -0.2) is 330 Å². The van der Waals surface area contributed by atoms with Gasteiger partial charge in [-0.1, -0.05) is 102 Å². The molecule has 0 radical (unpaired) electrons. The number of para-hydroxylation sites is 2. The van der Waals surface area contributed by atoms with Crippen molar-refractivity contribution in [3.63, 3.8) is 0 Å². The molecule has 760 valence electrons. The maximum Gasteiger partial charge on any atom is 0.246 e. The lowest BCUT2D eigenvalue weighted by Gasteiger charge is -2.38. The normalized spacial score (nSPS) is 24.8. The fourth-order valence-electron chi connectivity index (χ4n) is 17.2. The summed E-state index contributed by atoms with van der Waals surface area (Å²) in [5.74, 6) is -17.0. The Morgan fingerprint density at radius 3 is 1.74 bits per heavy atom. The van der Waals surface area contributed by atoms with Gasteiger partial charge in [-0.25, -0.2) is 9.98 Å². The average molecular weight is 1970 g/mol. The number of aldehydes is 1. The van der Waals surface area contributed by atoms with Gasteiger partial charge in [0.25, 0.3) is 0 Å². The summed E-state index contributed by atoms with van der Waals surface area (Å²) in [5.41, 5.74) is 29.6. The van der Waals surface area contributed by atoms with E-state index < -0.39 is 241 Å². The first-order chi connectivity index (χ1) is 66.7. The standard InChI is InChI=1S/C93H133N27O19S/c1-9-11-24-71-83(132)109-62(23-17-31-101-91(96)97)79(128)115-70(78(127)104-43-76(95)125)46-140-47-77(126)108-67(34-52-27-29-55(30-28-52)107-92(98)99)87(136)118(8)93(5,49-122)48-105-65(39-75(94)124)88(137)119-32-18-26-72(119)84(133)111-64(37-56-42-100-50-106-56)81(130)112-66(33-51(3)4)89(138)120-44-57(123)38-74(120)85(134)110-63(35-53-40-102-60-21-15-13-19-58(53)60)80(129)114-69(45-121)82(131)113-68(36-54-41-103-61-22-16-14-20-59(54)61)86(135)117(7)73(25-12-10-2)90(139)116(71)6/h13-16,19-22,27-30,40-42,49-51,57,62-74,102-103,105,121,123H,9-12,17-18,23-26,31-39,43-48H2,1-8H3,(H2,94,124)(H2,95,125)(H,100,106)(H,104,127)(H,108,126)(H,109,132)(H,110,134)(H,111,133)(H,112,130)(H,113,131)(H,114,129)(H,115,128)(H4,96,97,101)(H4,98,99,107)/t57-,62+,63+,64+,65?,66+,67+,68+,69+,70+,71+,72+,73+,74?,93-/m1/s1. The van der Waals surface area contributed by atoms with Crippen LogP contribution in [0.2, 0.25) is 0 Å². The smallest absolute Gasteiger partial charge is 0.246 e. The summed E-state index contributed by atoms with van der Waals surface area (Å²) < 4.78 is 0. The SMILES string of the molecule is CCCC[C@H]1C(=O)N(C)[C@@H](CCCC)C(=O)N[C@@H](CCCNC(=N)N)C(=O)N[C@H](C(=O)NCC(N)=O)CSCC(=O)N[C@@H](Cc2ccc(N=C(N)N)cc2)C(=O)N(C)[C@@](C)(C=O)CNC(CC(N)=O)C(=O)N2CCC[C@H]2C(=O)N[C@@H](Cc2cnc[nH]2)C(=O)N[C@@H](CC(C)C)C(=O)N2C[C@H](O)CC2C(=O)N[C@@H](Cc2c[nH]c3ccccc23)C(=O)N[C@@H](CO)C(=O)N[C@@H](Cc2c[nH]c3ccccc23)C(=O)N1C. The van der Waals surface area contributed by atoms with Crippen LogP contribution < -0.4 is 87.2 Å². The van der Waals surface area contributed by atoms with Crippen LogP contribution in [0.1, 0.15) is 140 Å². The van der Waals surface area contributed by atoms with Crippen molar-refractivity contribution in [2.75, 3.05) is 72.0 Å². The van der Waals surface area contributed by atoms with Gasteiger partial charge in [0.05, 0.1) is 49.5 Å². The van der Waals surface area contributed by atoms with Gasteiger partial charge in [0.15, 0.2) is 11.9 Å². The minimum absolute atomic E-state index is 0.00587. The van der Waals surface area contributed by atoms with E-state index in [-0.39, 0.29) is 95.6 Å². The molecule has 27 N–H and O–H groups in total. The number of nitrogens with one attached hydrogen (secondary N) is 15. The fourth-order valence-corrected chi connectivity index (χ4v) is 18.1. The first kappa shape index (κ1) is 110. The molecule has 9 rings (SSSR count). The van der Waals surface area contributed by atoms with E-state index in [1.165, 1.54) is 52.7 Å². The van der Waals surface area contributed by atoms with Gasteiger partial charge in [0, 0.05) is 131 Å². The molecule has 3 aliphatic heterocycles. The van der Waals surface area contributed by atoms with Crippen molar-refractivity contribution in [1.82, 2.24) is 103 Å². The summed E-state index contributed by atoms with van der Waals surface area (Å²) in [6, 6.07) is -0.00325. The number of unbranched alkanes of at least 4 members (excludes halogenated alkanes) is 2. The van der Waals surface area contributed by atoms with Gasteiger partial charge in [-0.15, -0.1) is 11.8 Å². The van der Waals surface area contributed by atoms with Gasteiger partial charge in [0.1, 0.15) is 84.3 Å². The molecule has 6 heterocycles. The van der Waals surface area contributed by atoms with Crippen molar-refractivity contribution in [1.29, 1.82) is 5.41 Å². The molecule has 15 atom stereocenters. The number of hydrogen-bond acceptors (Lipinski definition) is 24. The number of fused-ring (bicyclic) bond motifs is 4. The van der Waals surface area contributed by atoms with Crippen molar-refractivity contribution in [3.8, 4) is 0 Å². The molecule has 3 saturated heterocycles. The molecule has 46 nitrogen and oxygen atoms in total. The number of aromatic nitrogens is 4. The summed E-state index contributed by atoms with van der Waals surface area (Å²) in [6.07, 6.45) is 4.16. The lowest BCUT2D eigenvalue weighted by Crippen LogP contribution is -2.62. The molecule has 3 aliphatic rings. The van der Waals surface area contributed by atoms with Gasteiger partial charge >= 0.3 is 0 Å². The number of aliphatic imine (C=N–C) groups is 1. The van der Waals surface area contributed by atoms with Crippen LogP contribution in [0.25, 0.3) is 21.8 Å². The summed E-state index contributed by atoms with van der Waals surface area (Å²) >= 11 is 0.762. The molecule has 16 amide bonds. The second-order valence-electron chi connectivity index (χ2n) is 36.1. The fraction of sp³-hybridized carbons (Fsp3) is 0.527. The van der Waals surface area contributed by atoms with Crippen molar-refractivity contribution >= 4 is 152 Å². The molecule has 0 bridgehead atoms. The van der Waals surface area contributed by atoms with E-state index in [4.69, 9.17) is 34.1 Å². The van der Waals surface area contributed by atoms with E-state index >= 15 is 57.5 Å². The number of aliphatic hydroxyl groups is 2. The first-order valence-corrected chi connectivity index (χ1v) is 47.9. The molecule has 0 spiro atoms. The molecule has 140 heavy (non-hydrogen) atoms. The minimum Gasteiger partial charge on any atom is -0.394 e. The molecule has 2 unspecified atom stereocenters. The van der Waals surface area contributed by atoms with E-state index in [9.17, 15) is 34.2 Å². The maximum atomic E-state index is 15.8. The number of aliphatic hydroxyl groups excluding tert-OH is 2. The molecule has 6 aromatic rings. The zero-order valence-electron chi connectivity index (χ0n) is 79.9. The average Bonchev–Trinajstić information content (AvgIpc) is 1.43. The lowest BCUT2D eigenvalue weighted by molar-refractivity contribution is -0.149. The summed E-state index contributed by atoms with van der Waals surface area (Å²) in [5, 5.41) is 61.5. The number of nitrogens with zero attached hydrogens (tertiary/aromatic N) is 7. The Kier molecular flexibility index (Phi) is 40.7. The van der Waals surface area contributed by atoms with Gasteiger partial charge in [-0.2, -0.15) is 0 Å². The Morgan fingerprint density at radius 1 is 0.600 bits per heavy atom. The second kappa shape index (κ2) is 52.1. The molecule has 3 aromatic heterocycles. The zero-order chi connectivity index (χ0) is 102. The number of nitrogens with two attached hydrogens (primary N) is 5. The van der Waals surface area contributed by atoms with E-state index in [0.717, 1.165) is 36.3 Å². The largest absolute Gasteiger partial charge is 0.394 e. The number of carbonyl (C=O) groups excluding carboxylic acids is 17. The van der Waals surface area contributed by atoms with Crippen LogP contribution in [0.5, 0.6) is 0 Å². The predicted octanol–water partition coefficient (Wildman–Crippen LogP) is -3.69. The third-order valence-corrected chi connectivity index (χ3v) is 26.0. The topological polar surface area (TPSA) is 706 Å². The highest BCUT2D eigenvalue weighted by molar-refractivity contribution is 8.00. The number of thioether (sulfide) groups is 1. The van der Waals surface area contributed by atoms with E-state index in [1.54, 1.807) is 86.9 Å². The molecule has 0 saturated carbocycles. The Hall–Kier alpha value is -14.1. The van der Waals surface area contributed by atoms with Gasteiger partial charge in [-0.3, -0.25) is 82.1 Å². The van der Waals surface area contributed by atoms with Crippen LogP contribution in [0.3, 0.4) is 0 Å². The van der Waals surface area contributed by atoms with Crippen molar-refractivity contribution in [2.45, 2.75) is 234 Å². The number of imidazole rings is 1. The number of primary amides is 2.